The molecular formula is C15H22ClFN2OS. The van der Waals surface area contributed by atoms with E-state index in [1.807, 2.05) is 20.8 Å². The SMILES string of the molecule is CC(C)(C)[C@H](N)C(=O)NC1CCSc2ccc(F)cc21.Cl. The monoisotopic (exact) mass is 332 g/mol. The molecule has 6 heteroatoms. The molecule has 2 rings (SSSR count). The van der Waals surface area contributed by atoms with Gasteiger partial charge >= 0.3 is 0 Å². The van der Waals surface area contributed by atoms with Crippen LogP contribution in [0.4, 0.5) is 4.39 Å². The Balaban J connectivity index is 0.00000220. The van der Waals surface area contributed by atoms with Gasteiger partial charge in [-0.1, -0.05) is 20.8 Å². The zero-order valence-electron chi connectivity index (χ0n) is 12.5. The maximum atomic E-state index is 13.4. The van der Waals surface area contributed by atoms with Crippen LogP contribution in [0.2, 0.25) is 0 Å². The highest BCUT2D eigenvalue weighted by Gasteiger charge is 2.30. The van der Waals surface area contributed by atoms with Crippen LogP contribution in [0.25, 0.3) is 0 Å². The van der Waals surface area contributed by atoms with E-state index in [0.29, 0.717) is 0 Å². The number of carbonyl (C=O) groups is 1. The lowest BCUT2D eigenvalue weighted by atomic mass is 9.86. The van der Waals surface area contributed by atoms with Gasteiger partial charge in [0, 0.05) is 10.6 Å². The smallest absolute Gasteiger partial charge is 0.237 e. The van der Waals surface area contributed by atoms with Crippen LogP contribution in [0.3, 0.4) is 0 Å². The molecule has 1 aromatic carbocycles. The molecule has 1 aliphatic heterocycles. The van der Waals surface area contributed by atoms with Gasteiger partial charge < -0.3 is 11.1 Å². The lowest BCUT2D eigenvalue weighted by molar-refractivity contribution is -0.125. The molecule has 1 amide bonds. The Labute approximate surface area is 135 Å². The van der Waals surface area contributed by atoms with Crippen molar-refractivity contribution in [3.8, 4) is 0 Å². The van der Waals surface area contributed by atoms with Crippen molar-refractivity contribution in [3.63, 3.8) is 0 Å². The average molecular weight is 333 g/mol. The molecule has 0 saturated heterocycles. The van der Waals surface area contributed by atoms with Gasteiger partial charge in [-0.3, -0.25) is 4.79 Å². The molecule has 1 aliphatic rings. The number of nitrogens with two attached hydrogens (primary N) is 1. The molecule has 0 bridgehead atoms. The summed E-state index contributed by atoms with van der Waals surface area (Å²) in [6.07, 6.45) is 0.795. The Hall–Kier alpha value is -0.780. The normalized spacial score (nSPS) is 19.2. The molecule has 0 aliphatic carbocycles. The fraction of sp³-hybridized carbons (Fsp3) is 0.533. The lowest BCUT2D eigenvalue weighted by Gasteiger charge is -2.30. The van der Waals surface area contributed by atoms with Gasteiger partial charge in [0.15, 0.2) is 0 Å². The molecule has 0 radical (unpaired) electrons. The summed E-state index contributed by atoms with van der Waals surface area (Å²) in [6, 6.07) is 4.01. The number of hydrogen-bond donors (Lipinski definition) is 2. The van der Waals surface area contributed by atoms with E-state index in [1.54, 1.807) is 17.8 Å². The van der Waals surface area contributed by atoms with Crippen LogP contribution in [0.1, 0.15) is 38.8 Å². The van der Waals surface area contributed by atoms with Crippen molar-refractivity contribution >= 4 is 30.1 Å². The topological polar surface area (TPSA) is 55.1 Å². The quantitative estimate of drug-likeness (QED) is 0.874. The molecule has 0 saturated carbocycles. The number of nitrogens with one attached hydrogen (secondary N) is 1. The summed E-state index contributed by atoms with van der Waals surface area (Å²) in [4.78, 5) is 13.3. The van der Waals surface area contributed by atoms with Crippen molar-refractivity contribution in [1.82, 2.24) is 5.32 Å². The molecule has 3 N–H and O–H groups in total. The predicted molar refractivity (Wildman–Crippen MR) is 87.3 cm³/mol. The Bertz CT molecular complexity index is 519. The van der Waals surface area contributed by atoms with Crippen LogP contribution in [0.15, 0.2) is 23.1 Å². The van der Waals surface area contributed by atoms with Crippen molar-refractivity contribution in [2.45, 2.75) is 44.2 Å². The van der Waals surface area contributed by atoms with E-state index >= 15 is 0 Å². The van der Waals surface area contributed by atoms with E-state index < -0.39 is 6.04 Å². The first kappa shape index (κ1) is 18.3. The molecule has 2 atom stereocenters. The summed E-state index contributed by atoms with van der Waals surface area (Å²) in [6.45, 7) is 5.80. The number of amides is 1. The standard InChI is InChI=1S/C15H21FN2OS.ClH/c1-15(2,3)13(17)14(19)18-11-6-7-20-12-5-4-9(16)8-10(11)12;/h4-5,8,11,13H,6-7,17H2,1-3H3,(H,18,19);1H/t11?,13-;/m1./s1. The number of carbonyl (C=O) groups excluding carboxylic acids is 1. The van der Waals surface area contributed by atoms with Gasteiger partial charge in [-0.05, 0) is 35.6 Å². The summed E-state index contributed by atoms with van der Waals surface area (Å²) in [5, 5.41) is 2.96. The minimum Gasteiger partial charge on any atom is -0.348 e. The molecule has 1 heterocycles. The van der Waals surface area contributed by atoms with Gasteiger partial charge in [-0.2, -0.15) is 0 Å². The van der Waals surface area contributed by atoms with Crippen molar-refractivity contribution in [3.05, 3.63) is 29.6 Å². The van der Waals surface area contributed by atoms with Crippen LogP contribution in [-0.2, 0) is 4.79 Å². The lowest BCUT2D eigenvalue weighted by Crippen LogP contribution is -2.49. The number of fused-ring (bicyclic) bond motifs is 1. The number of benzene rings is 1. The van der Waals surface area contributed by atoms with Crippen LogP contribution >= 0.6 is 24.2 Å². The Morgan fingerprint density at radius 1 is 1.48 bits per heavy atom. The third-order valence-electron chi connectivity index (χ3n) is 3.54. The zero-order chi connectivity index (χ0) is 14.9. The zero-order valence-corrected chi connectivity index (χ0v) is 14.1. The number of hydrogen-bond acceptors (Lipinski definition) is 3. The van der Waals surface area contributed by atoms with E-state index in [9.17, 15) is 9.18 Å². The highest BCUT2D eigenvalue weighted by Crippen LogP contribution is 2.36. The maximum absolute atomic E-state index is 13.4. The fourth-order valence-electron chi connectivity index (χ4n) is 2.17. The van der Waals surface area contributed by atoms with Crippen LogP contribution in [0, 0.1) is 11.2 Å². The average Bonchev–Trinajstić information content (AvgIpc) is 2.37. The van der Waals surface area contributed by atoms with Crippen LogP contribution < -0.4 is 11.1 Å². The molecular weight excluding hydrogens is 311 g/mol. The second-order valence-electron chi connectivity index (χ2n) is 6.22. The highest BCUT2D eigenvalue weighted by molar-refractivity contribution is 7.99. The molecule has 118 valence electrons. The minimum atomic E-state index is -0.575. The molecule has 21 heavy (non-hydrogen) atoms. The predicted octanol–water partition coefficient (Wildman–Crippen LogP) is 3.27. The summed E-state index contributed by atoms with van der Waals surface area (Å²) in [5.74, 6) is 0.462. The van der Waals surface area contributed by atoms with E-state index in [4.69, 9.17) is 5.73 Å². The molecule has 0 aromatic heterocycles. The molecule has 0 fully saturated rings. The fourth-order valence-corrected chi connectivity index (χ4v) is 3.28. The second-order valence-corrected chi connectivity index (χ2v) is 7.36. The Kier molecular flexibility index (Phi) is 6.08. The van der Waals surface area contributed by atoms with Crippen molar-refractivity contribution < 1.29 is 9.18 Å². The third-order valence-corrected chi connectivity index (χ3v) is 4.67. The van der Waals surface area contributed by atoms with E-state index in [-0.39, 0.29) is 35.6 Å². The number of halogens is 2. The first-order chi connectivity index (χ1) is 9.29. The van der Waals surface area contributed by atoms with E-state index in [0.717, 1.165) is 22.6 Å². The van der Waals surface area contributed by atoms with Crippen LogP contribution in [-0.4, -0.2) is 17.7 Å². The molecule has 1 unspecified atom stereocenters. The van der Waals surface area contributed by atoms with Crippen LogP contribution in [0.5, 0.6) is 0 Å². The first-order valence-electron chi connectivity index (χ1n) is 6.77. The van der Waals surface area contributed by atoms with Gasteiger partial charge in [0.05, 0.1) is 12.1 Å². The summed E-state index contributed by atoms with van der Waals surface area (Å²) in [5.41, 5.74) is 6.53. The molecule has 0 spiro atoms. The Morgan fingerprint density at radius 2 is 2.14 bits per heavy atom. The largest absolute Gasteiger partial charge is 0.348 e. The summed E-state index contributed by atoms with van der Waals surface area (Å²) < 4.78 is 13.4. The second kappa shape index (κ2) is 6.99. The van der Waals surface area contributed by atoms with E-state index in [1.165, 1.54) is 12.1 Å². The number of rotatable bonds is 2. The highest BCUT2D eigenvalue weighted by atomic mass is 35.5. The van der Waals surface area contributed by atoms with Gasteiger partial charge in [0.25, 0.3) is 0 Å². The van der Waals surface area contributed by atoms with Gasteiger partial charge in [0.2, 0.25) is 5.91 Å². The van der Waals surface area contributed by atoms with Crippen molar-refractivity contribution in [2.24, 2.45) is 11.1 Å². The third kappa shape index (κ3) is 4.34. The van der Waals surface area contributed by atoms with E-state index in [2.05, 4.69) is 5.32 Å². The molecule has 1 aromatic rings. The first-order valence-corrected chi connectivity index (χ1v) is 7.76. The Morgan fingerprint density at radius 3 is 2.76 bits per heavy atom. The van der Waals surface area contributed by atoms with Gasteiger partial charge in [-0.25, -0.2) is 4.39 Å². The summed E-state index contributed by atoms with van der Waals surface area (Å²) in [7, 11) is 0. The summed E-state index contributed by atoms with van der Waals surface area (Å²) >= 11 is 1.69. The minimum absolute atomic E-state index is 0. The van der Waals surface area contributed by atoms with Crippen molar-refractivity contribution in [1.29, 1.82) is 0 Å². The van der Waals surface area contributed by atoms with Crippen molar-refractivity contribution in [2.75, 3.05) is 5.75 Å². The molecule has 3 nitrogen and oxygen atoms in total. The maximum Gasteiger partial charge on any atom is 0.237 e. The van der Waals surface area contributed by atoms with Gasteiger partial charge in [-0.15, -0.1) is 24.2 Å². The number of thioether (sulfide) groups is 1. The van der Waals surface area contributed by atoms with Gasteiger partial charge in [0.1, 0.15) is 5.82 Å².